The summed E-state index contributed by atoms with van der Waals surface area (Å²) in [7, 11) is 0. The third-order valence-electron chi connectivity index (χ3n) is 2.03. The van der Waals surface area contributed by atoms with Crippen LogP contribution in [0.25, 0.3) is 0 Å². The number of rotatable bonds is 3. The Kier molecular flexibility index (Phi) is 3.76. The summed E-state index contributed by atoms with van der Waals surface area (Å²) in [5.74, 6) is -0.901. The predicted octanol–water partition coefficient (Wildman–Crippen LogP) is 0.965. The number of allylic oxidation sites excluding steroid dienone is 1. The van der Waals surface area contributed by atoms with Crippen molar-refractivity contribution in [1.82, 2.24) is 10.4 Å². The smallest absolute Gasteiger partial charge is 0.330 e. The number of carbonyl (C=O) groups is 1. The molecule has 0 spiro atoms. The molecule has 0 saturated carbocycles. The first-order chi connectivity index (χ1) is 6.18. The van der Waals surface area contributed by atoms with E-state index in [1.165, 1.54) is 25.3 Å². The van der Waals surface area contributed by atoms with Crippen molar-refractivity contribution < 1.29 is 9.90 Å². The highest BCUT2D eigenvalue weighted by Gasteiger charge is 2.09. The van der Waals surface area contributed by atoms with Crippen molar-refractivity contribution in [1.29, 1.82) is 0 Å². The summed E-state index contributed by atoms with van der Waals surface area (Å²) in [4.78, 5) is 10.3. The number of hydrogen-bond acceptors (Lipinski definition) is 3. The van der Waals surface area contributed by atoms with Gasteiger partial charge in [-0.05, 0) is 19.8 Å². The second-order valence-corrected chi connectivity index (χ2v) is 3.33. The highest BCUT2D eigenvalue weighted by atomic mass is 16.4. The fraction of sp³-hybridized carbons (Fsp3) is 0.667. The maximum Gasteiger partial charge on any atom is 0.330 e. The van der Waals surface area contributed by atoms with Gasteiger partial charge in [0.05, 0.1) is 0 Å². The Labute approximate surface area is 78.2 Å². The predicted molar refractivity (Wildman–Crippen MR) is 50.0 cm³/mol. The Morgan fingerprint density at radius 2 is 2.00 bits per heavy atom. The molecular formula is C9H16N2O2. The third kappa shape index (κ3) is 3.94. The van der Waals surface area contributed by atoms with Crippen LogP contribution in [0.2, 0.25) is 0 Å². The second kappa shape index (κ2) is 4.87. The van der Waals surface area contributed by atoms with Crippen molar-refractivity contribution in [2.45, 2.75) is 26.2 Å². The molecule has 4 nitrogen and oxygen atoms in total. The molecule has 0 aromatic carbocycles. The fourth-order valence-corrected chi connectivity index (χ4v) is 1.47. The molecule has 1 saturated heterocycles. The van der Waals surface area contributed by atoms with E-state index in [-0.39, 0.29) is 0 Å². The monoisotopic (exact) mass is 184 g/mol. The minimum absolute atomic E-state index is 0.689. The fourth-order valence-electron chi connectivity index (χ4n) is 1.47. The number of nitrogens with zero attached hydrogens (tertiary/aromatic N) is 1. The van der Waals surface area contributed by atoms with Crippen molar-refractivity contribution in [2.75, 3.05) is 13.1 Å². The van der Waals surface area contributed by atoms with E-state index in [0.717, 1.165) is 13.1 Å². The molecule has 1 rings (SSSR count). The maximum atomic E-state index is 10.3. The van der Waals surface area contributed by atoms with Crippen LogP contribution in [-0.4, -0.2) is 29.2 Å². The summed E-state index contributed by atoms with van der Waals surface area (Å²) in [6.07, 6.45) is 4.84. The molecule has 4 heteroatoms. The van der Waals surface area contributed by atoms with Crippen LogP contribution in [0.4, 0.5) is 0 Å². The largest absolute Gasteiger partial charge is 0.478 e. The SMILES string of the molecule is C/C(=C/C(=O)O)NN1CCCCC1. The molecule has 0 unspecified atom stereocenters. The molecule has 0 radical (unpaired) electrons. The zero-order valence-electron chi connectivity index (χ0n) is 7.92. The summed E-state index contributed by atoms with van der Waals surface area (Å²) in [5.41, 5.74) is 3.75. The Hall–Kier alpha value is -1.03. The number of hydrazine groups is 1. The summed E-state index contributed by atoms with van der Waals surface area (Å²) < 4.78 is 0. The maximum absolute atomic E-state index is 10.3. The van der Waals surface area contributed by atoms with Gasteiger partial charge in [0.2, 0.25) is 0 Å². The highest BCUT2D eigenvalue weighted by molar-refractivity contribution is 5.80. The molecule has 0 atom stereocenters. The van der Waals surface area contributed by atoms with Crippen LogP contribution in [0.15, 0.2) is 11.8 Å². The lowest BCUT2D eigenvalue weighted by atomic mass is 10.2. The van der Waals surface area contributed by atoms with Gasteiger partial charge in [0, 0.05) is 24.9 Å². The van der Waals surface area contributed by atoms with Crippen LogP contribution in [0, 0.1) is 0 Å². The van der Waals surface area contributed by atoms with Crippen molar-refractivity contribution in [3.8, 4) is 0 Å². The molecule has 13 heavy (non-hydrogen) atoms. The van der Waals surface area contributed by atoms with Crippen LogP contribution in [0.5, 0.6) is 0 Å². The molecular weight excluding hydrogens is 168 g/mol. The Bertz CT molecular complexity index is 208. The average molecular weight is 184 g/mol. The van der Waals surface area contributed by atoms with Crippen molar-refractivity contribution in [2.24, 2.45) is 0 Å². The second-order valence-electron chi connectivity index (χ2n) is 3.33. The van der Waals surface area contributed by atoms with Crippen molar-refractivity contribution in [3.63, 3.8) is 0 Å². The number of carboxylic acid groups (broad SMARTS) is 1. The Morgan fingerprint density at radius 3 is 2.54 bits per heavy atom. The summed E-state index contributed by atoms with van der Waals surface area (Å²) >= 11 is 0. The first kappa shape index (κ1) is 10.1. The van der Waals surface area contributed by atoms with Gasteiger partial charge < -0.3 is 10.5 Å². The van der Waals surface area contributed by atoms with Gasteiger partial charge in [-0.3, -0.25) is 0 Å². The minimum atomic E-state index is -0.901. The summed E-state index contributed by atoms with van der Waals surface area (Å²) in [6, 6.07) is 0. The molecule has 74 valence electrons. The molecule has 0 aliphatic carbocycles. The lowest BCUT2D eigenvalue weighted by Crippen LogP contribution is -2.40. The van der Waals surface area contributed by atoms with Gasteiger partial charge in [-0.15, -0.1) is 0 Å². The quantitative estimate of drug-likeness (QED) is 0.642. The number of piperidine rings is 1. The highest BCUT2D eigenvalue weighted by Crippen LogP contribution is 2.06. The van der Waals surface area contributed by atoms with Crippen LogP contribution in [0.1, 0.15) is 26.2 Å². The van der Waals surface area contributed by atoms with Gasteiger partial charge >= 0.3 is 5.97 Å². The van der Waals surface area contributed by atoms with E-state index >= 15 is 0 Å². The van der Waals surface area contributed by atoms with Gasteiger partial charge in [-0.2, -0.15) is 0 Å². The van der Waals surface area contributed by atoms with Crippen molar-refractivity contribution >= 4 is 5.97 Å². The molecule has 1 fully saturated rings. The molecule has 1 aliphatic rings. The van der Waals surface area contributed by atoms with Crippen LogP contribution < -0.4 is 5.43 Å². The molecule has 0 aromatic rings. The Balaban J connectivity index is 2.33. The van der Waals surface area contributed by atoms with E-state index < -0.39 is 5.97 Å². The molecule has 0 aromatic heterocycles. The van der Waals surface area contributed by atoms with E-state index in [4.69, 9.17) is 5.11 Å². The lowest BCUT2D eigenvalue weighted by molar-refractivity contribution is -0.131. The summed E-state index contributed by atoms with van der Waals surface area (Å²) in [6.45, 7) is 3.78. The number of nitrogens with one attached hydrogen (secondary N) is 1. The molecule has 2 N–H and O–H groups in total. The number of hydrogen-bond donors (Lipinski definition) is 2. The van der Waals surface area contributed by atoms with Crippen LogP contribution in [0.3, 0.4) is 0 Å². The van der Waals surface area contributed by atoms with Gasteiger partial charge in [0.25, 0.3) is 0 Å². The topological polar surface area (TPSA) is 52.6 Å². The first-order valence-electron chi connectivity index (χ1n) is 4.61. The van der Waals surface area contributed by atoms with E-state index in [1.54, 1.807) is 6.92 Å². The first-order valence-corrected chi connectivity index (χ1v) is 4.61. The molecule has 1 heterocycles. The Morgan fingerprint density at radius 1 is 1.38 bits per heavy atom. The molecule has 1 aliphatic heterocycles. The van der Waals surface area contributed by atoms with E-state index in [1.807, 2.05) is 0 Å². The van der Waals surface area contributed by atoms with Crippen molar-refractivity contribution in [3.05, 3.63) is 11.8 Å². The minimum Gasteiger partial charge on any atom is -0.478 e. The zero-order chi connectivity index (χ0) is 9.68. The standard InChI is InChI=1S/C9H16N2O2/c1-8(7-9(12)13)10-11-5-3-2-4-6-11/h7,10H,2-6H2,1H3,(H,12,13)/b8-7-. The van der Waals surface area contributed by atoms with Gasteiger partial charge in [0.15, 0.2) is 0 Å². The third-order valence-corrected chi connectivity index (χ3v) is 2.03. The van der Waals surface area contributed by atoms with Gasteiger partial charge in [-0.25, -0.2) is 9.80 Å². The van der Waals surface area contributed by atoms with E-state index in [2.05, 4.69) is 10.4 Å². The van der Waals surface area contributed by atoms with Crippen LogP contribution >= 0.6 is 0 Å². The van der Waals surface area contributed by atoms with Gasteiger partial charge in [-0.1, -0.05) is 6.42 Å². The molecule has 0 bridgehead atoms. The van der Waals surface area contributed by atoms with Crippen LogP contribution in [-0.2, 0) is 4.79 Å². The van der Waals surface area contributed by atoms with Gasteiger partial charge in [0.1, 0.15) is 0 Å². The van der Waals surface area contributed by atoms with E-state index in [9.17, 15) is 4.79 Å². The normalized spacial score (nSPS) is 19.9. The number of carboxylic acids is 1. The summed E-state index contributed by atoms with van der Waals surface area (Å²) in [5, 5.41) is 10.5. The number of aliphatic carboxylic acids is 1. The average Bonchev–Trinajstić information content (AvgIpc) is 2.04. The lowest BCUT2D eigenvalue weighted by Gasteiger charge is -2.27. The van der Waals surface area contributed by atoms with E-state index in [0.29, 0.717) is 5.70 Å². The molecule has 0 amide bonds. The zero-order valence-corrected chi connectivity index (χ0v) is 7.92.